The van der Waals surface area contributed by atoms with Crippen molar-refractivity contribution in [1.29, 1.82) is 0 Å². The van der Waals surface area contributed by atoms with E-state index in [0.717, 1.165) is 5.69 Å². The van der Waals surface area contributed by atoms with Gasteiger partial charge < -0.3 is 5.32 Å². The lowest BCUT2D eigenvalue weighted by atomic mass is 10.0. The lowest BCUT2D eigenvalue weighted by Gasteiger charge is -2.17. The van der Waals surface area contributed by atoms with Gasteiger partial charge in [0.1, 0.15) is 22.9 Å². The second kappa shape index (κ2) is 8.56. The minimum absolute atomic E-state index is 0.00468. The van der Waals surface area contributed by atoms with Crippen LogP contribution in [0.1, 0.15) is 24.4 Å². The van der Waals surface area contributed by atoms with Crippen LogP contribution >= 0.6 is 0 Å². The predicted octanol–water partition coefficient (Wildman–Crippen LogP) is 3.62. The van der Waals surface area contributed by atoms with Crippen molar-refractivity contribution in [1.82, 2.24) is 24.9 Å². The number of sulfonamides is 1. The van der Waals surface area contributed by atoms with Crippen LogP contribution < -0.4 is 10.0 Å². The smallest absolute Gasteiger partial charge is 0.242 e. The molecule has 2 heterocycles. The Morgan fingerprint density at radius 3 is 2.38 bits per heavy atom. The molecule has 0 aliphatic carbocycles. The van der Waals surface area contributed by atoms with E-state index in [2.05, 4.69) is 30.2 Å². The van der Waals surface area contributed by atoms with Gasteiger partial charge in [-0.15, -0.1) is 0 Å². The highest BCUT2D eigenvalue weighted by Crippen LogP contribution is 2.33. The van der Waals surface area contributed by atoms with Crippen molar-refractivity contribution in [2.45, 2.75) is 24.8 Å². The molecular formula is C22H21FN6O2S. The number of benzene rings is 2. The van der Waals surface area contributed by atoms with E-state index in [1.54, 1.807) is 18.2 Å². The average molecular weight is 453 g/mol. The van der Waals surface area contributed by atoms with E-state index in [4.69, 9.17) is 0 Å². The van der Waals surface area contributed by atoms with Crippen LogP contribution in [0, 0.1) is 12.7 Å². The zero-order valence-electron chi connectivity index (χ0n) is 17.7. The van der Waals surface area contributed by atoms with Crippen LogP contribution in [0.15, 0.2) is 59.8 Å². The van der Waals surface area contributed by atoms with Crippen LogP contribution in [0.4, 0.5) is 10.2 Å². The topological polar surface area (TPSA) is 110 Å². The first-order chi connectivity index (χ1) is 15.3. The van der Waals surface area contributed by atoms with Crippen molar-refractivity contribution in [3.05, 3.63) is 72.1 Å². The Labute approximate surface area is 185 Å². The van der Waals surface area contributed by atoms with Crippen LogP contribution in [-0.2, 0) is 10.0 Å². The SMILES string of the molecule is CNS(=O)(=O)c1cc(-c2ccc(F)cc2)cc2c(N[C@H](C)c3ccc(C)nn3)ncnc12. The van der Waals surface area contributed by atoms with Gasteiger partial charge in [0.15, 0.2) is 0 Å². The molecular weight excluding hydrogens is 431 g/mol. The first-order valence-corrected chi connectivity index (χ1v) is 11.3. The quantitative estimate of drug-likeness (QED) is 0.460. The van der Waals surface area contributed by atoms with E-state index in [0.29, 0.717) is 28.0 Å². The number of nitrogens with one attached hydrogen (secondary N) is 2. The average Bonchev–Trinajstić information content (AvgIpc) is 2.79. The van der Waals surface area contributed by atoms with Crippen LogP contribution in [0.2, 0.25) is 0 Å². The van der Waals surface area contributed by atoms with Gasteiger partial charge in [-0.05, 0) is 68.4 Å². The summed E-state index contributed by atoms with van der Waals surface area (Å²) in [5, 5.41) is 12.1. The number of fused-ring (bicyclic) bond motifs is 1. The zero-order valence-corrected chi connectivity index (χ0v) is 18.5. The van der Waals surface area contributed by atoms with E-state index >= 15 is 0 Å². The number of hydrogen-bond donors (Lipinski definition) is 2. The lowest BCUT2D eigenvalue weighted by molar-refractivity contribution is 0.589. The number of halogens is 1. The fraction of sp³-hybridized carbons (Fsp3) is 0.182. The van der Waals surface area contributed by atoms with Gasteiger partial charge in [-0.25, -0.2) is 27.5 Å². The Morgan fingerprint density at radius 1 is 0.969 bits per heavy atom. The summed E-state index contributed by atoms with van der Waals surface area (Å²) in [5.74, 6) is 0.0673. The third kappa shape index (κ3) is 4.27. The van der Waals surface area contributed by atoms with Crippen molar-refractivity contribution in [2.75, 3.05) is 12.4 Å². The molecule has 0 unspecified atom stereocenters. The summed E-state index contributed by atoms with van der Waals surface area (Å²) >= 11 is 0. The summed E-state index contributed by atoms with van der Waals surface area (Å²) in [7, 11) is -2.49. The molecule has 0 aliphatic rings. The molecule has 0 spiro atoms. The summed E-state index contributed by atoms with van der Waals surface area (Å²) in [4.78, 5) is 8.59. The molecule has 2 aromatic heterocycles. The summed E-state index contributed by atoms with van der Waals surface area (Å²) in [6.07, 6.45) is 1.31. The largest absolute Gasteiger partial charge is 0.361 e. The van der Waals surface area contributed by atoms with Crippen LogP contribution in [0.3, 0.4) is 0 Å². The van der Waals surface area contributed by atoms with Gasteiger partial charge in [-0.3, -0.25) is 0 Å². The highest BCUT2D eigenvalue weighted by molar-refractivity contribution is 7.89. The summed E-state index contributed by atoms with van der Waals surface area (Å²) in [5.41, 5.74) is 3.03. The van der Waals surface area contributed by atoms with E-state index in [1.165, 1.54) is 31.6 Å². The summed E-state index contributed by atoms with van der Waals surface area (Å²) in [6, 6.07) is 12.6. The van der Waals surface area contributed by atoms with Crippen LogP contribution in [0.5, 0.6) is 0 Å². The summed E-state index contributed by atoms with van der Waals surface area (Å²) in [6.45, 7) is 3.76. The lowest BCUT2D eigenvalue weighted by Crippen LogP contribution is -2.19. The van der Waals surface area contributed by atoms with E-state index in [1.807, 2.05) is 26.0 Å². The molecule has 0 fully saturated rings. The molecule has 4 aromatic rings. The molecule has 0 saturated heterocycles. The molecule has 0 saturated carbocycles. The summed E-state index contributed by atoms with van der Waals surface area (Å²) < 4.78 is 41.3. The van der Waals surface area contributed by atoms with Gasteiger partial charge in [-0.1, -0.05) is 12.1 Å². The minimum atomic E-state index is -3.83. The monoisotopic (exact) mass is 452 g/mol. The van der Waals surface area contributed by atoms with E-state index in [-0.39, 0.29) is 22.3 Å². The third-order valence-corrected chi connectivity index (χ3v) is 6.48. The van der Waals surface area contributed by atoms with Gasteiger partial charge in [0.05, 0.1) is 22.9 Å². The molecule has 0 bridgehead atoms. The Kier molecular flexibility index (Phi) is 5.81. The number of aryl methyl sites for hydroxylation is 1. The number of rotatable bonds is 6. The molecule has 8 nitrogen and oxygen atoms in total. The molecule has 32 heavy (non-hydrogen) atoms. The van der Waals surface area contributed by atoms with Crippen LogP contribution in [-0.4, -0.2) is 35.6 Å². The van der Waals surface area contributed by atoms with E-state index in [9.17, 15) is 12.8 Å². The van der Waals surface area contributed by atoms with Crippen molar-refractivity contribution in [2.24, 2.45) is 0 Å². The molecule has 2 aromatic carbocycles. The van der Waals surface area contributed by atoms with Crippen LogP contribution in [0.25, 0.3) is 22.0 Å². The normalized spacial score (nSPS) is 12.6. The number of nitrogens with zero attached hydrogens (tertiary/aromatic N) is 4. The fourth-order valence-corrected chi connectivity index (χ4v) is 4.21. The zero-order chi connectivity index (χ0) is 22.9. The van der Waals surface area contributed by atoms with Gasteiger partial charge >= 0.3 is 0 Å². The molecule has 10 heteroatoms. The number of aromatic nitrogens is 4. The third-order valence-electron chi connectivity index (χ3n) is 5.05. The molecule has 0 amide bonds. The number of hydrogen-bond acceptors (Lipinski definition) is 7. The highest BCUT2D eigenvalue weighted by Gasteiger charge is 2.21. The van der Waals surface area contributed by atoms with Crippen molar-refractivity contribution >= 4 is 26.7 Å². The first-order valence-electron chi connectivity index (χ1n) is 9.83. The molecule has 0 radical (unpaired) electrons. The first kappa shape index (κ1) is 21.7. The minimum Gasteiger partial charge on any atom is -0.361 e. The van der Waals surface area contributed by atoms with E-state index < -0.39 is 10.0 Å². The predicted molar refractivity (Wildman–Crippen MR) is 120 cm³/mol. The molecule has 4 rings (SSSR count). The van der Waals surface area contributed by atoms with Gasteiger partial charge in [0.25, 0.3) is 0 Å². The van der Waals surface area contributed by atoms with Crippen molar-refractivity contribution in [3.8, 4) is 11.1 Å². The Balaban J connectivity index is 1.88. The molecule has 2 N–H and O–H groups in total. The Bertz CT molecular complexity index is 1380. The Morgan fingerprint density at radius 2 is 1.72 bits per heavy atom. The fourth-order valence-electron chi connectivity index (χ4n) is 3.29. The number of anilines is 1. The van der Waals surface area contributed by atoms with Crippen molar-refractivity contribution < 1.29 is 12.8 Å². The standard InChI is InChI=1S/C22H21FN6O2S/c1-13-4-9-19(29-28-13)14(2)27-22-18-10-16(15-5-7-17(23)8-6-15)11-20(32(30,31)24-3)21(18)25-12-26-22/h4-12,14,24H,1-3H3,(H,25,26,27)/t14-/m1/s1. The molecule has 164 valence electrons. The molecule has 1 atom stereocenters. The van der Waals surface area contributed by atoms with Gasteiger partial charge in [-0.2, -0.15) is 10.2 Å². The maximum absolute atomic E-state index is 13.4. The maximum atomic E-state index is 13.4. The second-order valence-electron chi connectivity index (χ2n) is 7.27. The highest BCUT2D eigenvalue weighted by atomic mass is 32.2. The Hall–Kier alpha value is -3.50. The molecule has 0 aliphatic heterocycles. The van der Waals surface area contributed by atoms with Gasteiger partial charge in [0, 0.05) is 5.39 Å². The second-order valence-corrected chi connectivity index (χ2v) is 9.13. The van der Waals surface area contributed by atoms with Crippen molar-refractivity contribution in [3.63, 3.8) is 0 Å². The maximum Gasteiger partial charge on any atom is 0.242 e. The van der Waals surface area contributed by atoms with Gasteiger partial charge in [0.2, 0.25) is 10.0 Å².